The van der Waals surface area contributed by atoms with Gasteiger partial charge in [0.2, 0.25) is 10.0 Å². The van der Waals surface area contributed by atoms with Crippen LogP contribution in [0.15, 0.2) is 64.2 Å². The van der Waals surface area contributed by atoms with Crippen molar-refractivity contribution in [3.8, 4) is 5.69 Å². The SMILES string of the molecule is Cc1cc(/C=N\NC(=O)CN(c2ccccc2Cl)S(C)(=O)=O)c(C)n1-c1cccc(Br)c1. The quantitative estimate of drug-likeness (QED) is 0.358. The summed E-state index contributed by atoms with van der Waals surface area (Å²) in [5.74, 6) is -0.590. The third-order valence-electron chi connectivity index (χ3n) is 4.74. The summed E-state index contributed by atoms with van der Waals surface area (Å²) in [6, 6.07) is 16.3. The van der Waals surface area contributed by atoms with Crippen LogP contribution in [-0.4, -0.2) is 37.9 Å². The molecule has 32 heavy (non-hydrogen) atoms. The van der Waals surface area contributed by atoms with E-state index >= 15 is 0 Å². The zero-order chi connectivity index (χ0) is 23.5. The van der Waals surface area contributed by atoms with Gasteiger partial charge in [0.25, 0.3) is 5.91 Å². The largest absolute Gasteiger partial charge is 0.318 e. The molecule has 0 aliphatic carbocycles. The fourth-order valence-corrected chi connectivity index (χ4v) is 4.85. The van der Waals surface area contributed by atoms with E-state index in [1.54, 1.807) is 18.2 Å². The number of nitrogens with zero attached hydrogens (tertiary/aromatic N) is 3. The van der Waals surface area contributed by atoms with Crippen LogP contribution >= 0.6 is 27.5 Å². The van der Waals surface area contributed by atoms with E-state index in [0.717, 1.165) is 37.7 Å². The van der Waals surface area contributed by atoms with Gasteiger partial charge in [-0.15, -0.1) is 0 Å². The van der Waals surface area contributed by atoms with Gasteiger partial charge in [-0.1, -0.05) is 45.7 Å². The number of hydrogen-bond acceptors (Lipinski definition) is 4. The summed E-state index contributed by atoms with van der Waals surface area (Å²) in [6.45, 7) is 3.49. The number of para-hydroxylation sites is 1. The molecular weight excluding hydrogens is 516 g/mol. The number of carbonyl (C=O) groups is 1. The number of anilines is 1. The van der Waals surface area contributed by atoms with Gasteiger partial charge in [-0.05, 0) is 50.2 Å². The molecule has 3 aromatic rings. The lowest BCUT2D eigenvalue weighted by molar-refractivity contribution is -0.119. The minimum absolute atomic E-state index is 0.230. The van der Waals surface area contributed by atoms with E-state index in [0.29, 0.717) is 0 Å². The van der Waals surface area contributed by atoms with Crippen molar-refractivity contribution in [2.45, 2.75) is 13.8 Å². The Morgan fingerprint density at radius 1 is 1.19 bits per heavy atom. The predicted octanol–water partition coefficient (Wildman–Crippen LogP) is 4.43. The normalized spacial score (nSPS) is 11.7. The van der Waals surface area contributed by atoms with Gasteiger partial charge in [0.05, 0.1) is 23.2 Å². The highest BCUT2D eigenvalue weighted by atomic mass is 79.9. The Morgan fingerprint density at radius 2 is 1.91 bits per heavy atom. The number of amides is 1. The second kappa shape index (κ2) is 9.89. The van der Waals surface area contributed by atoms with Gasteiger partial charge in [0.15, 0.2) is 0 Å². The van der Waals surface area contributed by atoms with Crippen molar-refractivity contribution < 1.29 is 13.2 Å². The number of sulfonamides is 1. The van der Waals surface area contributed by atoms with Crippen molar-refractivity contribution in [3.63, 3.8) is 0 Å². The molecule has 7 nitrogen and oxygen atoms in total. The molecule has 1 aromatic heterocycles. The first-order valence-corrected chi connectivity index (χ1v) is 12.6. The maximum Gasteiger partial charge on any atom is 0.260 e. The van der Waals surface area contributed by atoms with Crippen LogP contribution in [0.2, 0.25) is 5.02 Å². The Bertz CT molecular complexity index is 1290. The Hall–Kier alpha value is -2.62. The maximum atomic E-state index is 12.4. The van der Waals surface area contributed by atoms with E-state index in [1.165, 1.54) is 12.3 Å². The van der Waals surface area contributed by atoms with Crippen molar-refractivity contribution in [1.29, 1.82) is 0 Å². The summed E-state index contributed by atoms with van der Waals surface area (Å²) in [7, 11) is -3.73. The maximum absolute atomic E-state index is 12.4. The third-order valence-corrected chi connectivity index (χ3v) is 6.68. The highest BCUT2D eigenvalue weighted by molar-refractivity contribution is 9.10. The Balaban J connectivity index is 1.75. The predicted molar refractivity (Wildman–Crippen MR) is 132 cm³/mol. The summed E-state index contributed by atoms with van der Waals surface area (Å²) in [6.07, 6.45) is 2.55. The van der Waals surface area contributed by atoms with Gasteiger partial charge in [0, 0.05) is 27.1 Å². The summed E-state index contributed by atoms with van der Waals surface area (Å²) in [5.41, 5.74) is 6.41. The highest BCUT2D eigenvalue weighted by Gasteiger charge is 2.22. The summed E-state index contributed by atoms with van der Waals surface area (Å²) >= 11 is 9.60. The van der Waals surface area contributed by atoms with Crippen LogP contribution in [0.4, 0.5) is 5.69 Å². The third kappa shape index (κ3) is 5.59. The van der Waals surface area contributed by atoms with E-state index in [-0.39, 0.29) is 10.7 Å². The van der Waals surface area contributed by atoms with Crippen molar-refractivity contribution in [3.05, 3.63) is 81.0 Å². The van der Waals surface area contributed by atoms with Crippen molar-refractivity contribution in [1.82, 2.24) is 9.99 Å². The zero-order valence-corrected chi connectivity index (χ0v) is 20.9. The van der Waals surface area contributed by atoms with E-state index in [1.807, 2.05) is 44.2 Å². The van der Waals surface area contributed by atoms with Crippen LogP contribution in [0.1, 0.15) is 17.0 Å². The molecule has 168 valence electrons. The van der Waals surface area contributed by atoms with Gasteiger partial charge in [0.1, 0.15) is 6.54 Å². The first-order chi connectivity index (χ1) is 15.1. The molecule has 2 aromatic carbocycles. The van der Waals surface area contributed by atoms with Crippen molar-refractivity contribution >= 4 is 55.4 Å². The van der Waals surface area contributed by atoms with Gasteiger partial charge >= 0.3 is 0 Å². The summed E-state index contributed by atoms with van der Waals surface area (Å²) in [4.78, 5) is 12.4. The van der Waals surface area contributed by atoms with Crippen LogP contribution in [0.25, 0.3) is 5.69 Å². The molecule has 0 aliphatic rings. The molecule has 1 amide bonds. The molecule has 0 saturated heterocycles. The summed E-state index contributed by atoms with van der Waals surface area (Å²) < 4.78 is 28.4. The number of carbonyl (C=O) groups excluding carboxylic acids is 1. The molecule has 1 N–H and O–H groups in total. The lowest BCUT2D eigenvalue weighted by Crippen LogP contribution is -2.39. The Morgan fingerprint density at radius 3 is 2.56 bits per heavy atom. The van der Waals surface area contributed by atoms with Gasteiger partial charge in [-0.3, -0.25) is 9.10 Å². The lowest BCUT2D eigenvalue weighted by atomic mass is 10.2. The molecule has 0 saturated carbocycles. The minimum atomic E-state index is -3.73. The van der Waals surface area contributed by atoms with Crippen LogP contribution in [0.3, 0.4) is 0 Å². The second-order valence-corrected chi connectivity index (χ2v) is 10.4. The number of rotatable bonds is 7. The monoisotopic (exact) mass is 536 g/mol. The molecule has 1 heterocycles. The van der Waals surface area contributed by atoms with Crippen LogP contribution in [0, 0.1) is 13.8 Å². The lowest BCUT2D eigenvalue weighted by Gasteiger charge is -2.22. The van der Waals surface area contributed by atoms with E-state index in [9.17, 15) is 13.2 Å². The van der Waals surface area contributed by atoms with Gasteiger partial charge in [-0.25, -0.2) is 13.8 Å². The number of halogens is 2. The fraction of sp³-hybridized carbons (Fsp3) is 0.182. The molecule has 0 spiro atoms. The van der Waals surface area contributed by atoms with Crippen molar-refractivity contribution in [2.24, 2.45) is 5.10 Å². The molecule has 3 rings (SSSR count). The van der Waals surface area contributed by atoms with Crippen LogP contribution < -0.4 is 9.73 Å². The van der Waals surface area contributed by atoms with E-state index in [4.69, 9.17) is 11.6 Å². The van der Waals surface area contributed by atoms with E-state index < -0.39 is 22.5 Å². The van der Waals surface area contributed by atoms with Gasteiger partial charge in [-0.2, -0.15) is 5.10 Å². The standard InChI is InChI=1S/C22H22BrClN4O3S/c1-15-11-17(16(2)28(15)19-8-6-7-18(23)12-19)13-25-26-22(29)14-27(32(3,30)31)21-10-5-4-9-20(21)24/h4-13H,14H2,1-3H3,(H,26,29)/b25-13-. The second-order valence-electron chi connectivity index (χ2n) is 7.16. The fourth-order valence-electron chi connectivity index (χ4n) is 3.31. The number of aryl methyl sites for hydroxylation is 1. The first-order valence-electron chi connectivity index (χ1n) is 9.57. The average Bonchev–Trinajstić information content (AvgIpc) is 2.99. The Kier molecular flexibility index (Phi) is 7.43. The van der Waals surface area contributed by atoms with Crippen LogP contribution in [-0.2, 0) is 14.8 Å². The highest BCUT2D eigenvalue weighted by Crippen LogP contribution is 2.27. The molecule has 0 aliphatic heterocycles. The smallest absolute Gasteiger partial charge is 0.260 e. The van der Waals surface area contributed by atoms with E-state index in [2.05, 4.69) is 31.0 Å². The molecule has 0 bridgehead atoms. The summed E-state index contributed by atoms with van der Waals surface area (Å²) in [5, 5.41) is 4.25. The number of aromatic nitrogens is 1. The minimum Gasteiger partial charge on any atom is -0.318 e. The number of nitrogens with one attached hydrogen (secondary N) is 1. The van der Waals surface area contributed by atoms with Crippen LogP contribution in [0.5, 0.6) is 0 Å². The number of benzene rings is 2. The molecule has 0 unspecified atom stereocenters. The first kappa shape index (κ1) is 24.0. The molecule has 10 heteroatoms. The van der Waals surface area contributed by atoms with Crippen molar-refractivity contribution in [2.75, 3.05) is 17.1 Å². The molecular formula is C22H22BrClN4O3S. The molecule has 0 fully saturated rings. The molecule has 0 atom stereocenters. The Labute approximate surface area is 200 Å². The number of hydrogen-bond donors (Lipinski definition) is 1. The van der Waals surface area contributed by atoms with Gasteiger partial charge < -0.3 is 4.57 Å². The average molecular weight is 538 g/mol. The molecule has 0 radical (unpaired) electrons. The zero-order valence-electron chi connectivity index (χ0n) is 17.7. The topological polar surface area (TPSA) is 83.8 Å². The number of hydrazone groups is 1.